The second kappa shape index (κ2) is 5.21. The van der Waals surface area contributed by atoms with E-state index in [2.05, 4.69) is 5.32 Å². The summed E-state index contributed by atoms with van der Waals surface area (Å²) in [4.78, 5) is 23.4. The lowest BCUT2D eigenvalue weighted by atomic mass is 9.99. The number of rotatable bonds is 3. The standard InChI is InChI=1S/C14H16N4O2/c1-16-13(19)10(8-15)6-9-4-5-11-12(7-9)18(3)14(20)17(11)2/h4-5,7,10H,6H2,1-3H3,(H,16,19)/t10-/m0/s1. The molecule has 0 aliphatic carbocycles. The molecule has 6 nitrogen and oxygen atoms in total. The van der Waals surface area contributed by atoms with Crippen LogP contribution in [-0.2, 0) is 25.3 Å². The molecule has 0 aliphatic rings. The van der Waals surface area contributed by atoms with Crippen LogP contribution in [-0.4, -0.2) is 22.1 Å². The maximum atomic E-state index is 11.8. The van der Waals surface area contributed by atoms with E-state index in [1.165, 1.54) is 7.05 Å². The van der Waals surface area contributed by atoms with Crippen LogP contribution in [0.2, 0.25) is 0 Å². The zero-order chi connectivity index (χ0) is 14.9. The molecule has 0 radical (unpaired) electrons. The number of hydrogen-bond donors (Lipinski definition) is 1. The number of nitrogens with one attached hydrogen (secondary N) is 1. The van der Waals surface area contributed by atoms with Crippen LogP contribution in [0.4, 0.5) is 0 Å². The van der Waals surface area contributed by atoms with Gasteiger partial charge in [0.25, 0.3) is 0 Å². The molecule has 2 aromatic rings. The van der Waals surface area contributed by atoms with Gasteiger partial charge in [-0.05, 0) is 24.1 Å². The first kappa shape index (κ1) is 13.9. The lowest BCUT2D eigenvalue weighted by Crippen LogP contribution is -2.27. The molecular formula is C14H16N4O2. The summed E-state index contributed by atoms with van der Waals surface area (Å²) in [6.45, 7) is 0. The summed E-state index contributed by atoms with van der Waals surface area (Å²) in [5.74, 6) is -1.02. The fourth-order valence-electron chi connectivity index (χ4n) is 2.29. The Morgan fingerprint density at radius 3 is 2.60 bits per heavy atom. The van der Waals surface area contributed by atoms with Gasteiger partial charge in [-0.1, -0.05) is 6.07 Å². The van der Waals surface area contributed by atoms with Gasteiger partial charge in [-0.15, -0.1) is 0 Å². The number of imidazole rings is 1. The quantitative estimate of drug-likeness (QED) is 0.873. The second-order valence-electron chi connectivity index (χ2n) is 4.72. The number of carbonyl (C=O) groups excluding carboxylic acids is 1. The topological polar surface area (TPSA) is 79.8 Å². The summed E-state index contributed by atoms with van der Waals surface area (Å²) >= 11 is 0. The Morgan fingerprint density at radius 1 is 1.35 bits per heavy atom. The third kappa shape index (κ3) is 2.18. The van der Waals surface area contributed by atoms with Crippen molar-refractivity contribution in [2.45, 2.75) is 6.42 Å². The second-order valence-corrected chi connectivity index (χ2v) is 4.72. The van der Waals surface area contributed by atoms with E-state index in [-0.39, 0.29) is 11.6 Å². The molecule has 2 rings (SSSR count). The predicted octanol–water partition coefficient (Wildman–Crippen LogP) is 0.305. The third-order valence-corrected chi connectivity index (χ3v) is 3.49. The molecule has 1 amide bonds. The van der Waals surface area contributed by atoms with Gasteiger partial charge in [0, 0.05) is 21.1 Å². The molecule has 1 N–H and O–H groups in total. The van der Waals surface area contributed by atoms with Crippen molar-refractivity contribution < 1.29 is 4.79 Å². The molecule has 0 saturated carbocycles. The van der Waals surface area contributed by atoms with Crippen molar-refractivity contribution in [3.63, 3.8) is 0 Å². The van der Waals surface area contributed by atoms with Gasteiger partial charge in [0.2, 0.25) is 5.91 Å². The number of amides is 1. The van der Waals surface area contributed by atoms with Crippen molar-refractivity contribution >= 4 is 16.9 Å². The van der Waals surface area contributed by atoms with Crippen molar-refractivity contribution in [3.8, 4) is 6.07 Å². The van der Waals surface area contributed by atoms with Crippen LogP contribution in [0.15, 0.2) is 23.0 Å². The SMILES string of the molecule is CNC(=O)[C@H](C#N)Cc1ccc2c(c1)n(C)c(=O)n2C. The summed E-state index contributed by atoms with van der Waals surface area (Å²) in [7, 11) is 4.93. The Bertz CT molecular complexity index is 764. The monoisotopic (exact) mass is 272 g/mol. The first-order valence-corrected chi connectivity index (χ1v) is 6.25. The Morgan fingerprint density at radius 2 is 2.00 bits per heavy atom. The van der Waals surface area contributed by atoms with Crippen LogP contribution in [0, 0.1) is 17.2 Å². The zero-order valence-electron chi connectivity index (χ0n) is 11.7. The summed E-state index contributed by atoms with van der Waals surface area (Å²) in [5.41, 5.74) is 2.38. The van der Waals surface area contributed by atoms with Gasteiger partial charge in [-0.25, -0.2) is 4.79 Å². The smallest absolute Gasteiger partial charge is 0.328 e. The number of carbonyl (C=O) groups is 1. The van der Waals surface area contributed by atoms with Crippen molar-refractivity contribution in [3.05, 3.63) is 34.2 Å². The molecule has 104 valence electrons. The normalized spacial score (nSPS) is 12.1. The van der Waals surface area contributed by atoms with Crippen LogP contribution in [0.3, 0.4) is 0 Å². The Kier molecular flexibility index (Phi) is 3.61. The highest BCUT2D eigenvalue weighted by atomic mass is 16.2. The van der Waals surface area contributed by atoms with E-state index in [1.807, 2.05) is 24.3 Å². The molecule has 0 fully saturated rings. The van der Waals surface area contributed by atoms with E-state index in [0.717, 1.165) is 16.6 Å². The summed E-state index contributed by atoms with van der Waals surface area (Å²) in [6.07, 6.45) is 0.329. The third-order valence-electron chi connectivity index (χ3n) is 3.49. The van der Waals surface area contributed by atoms with Crippen molar-refractivity contribution in [1.82, 2.24) is 14.5 Å². The molecule has 6 heteroatoms. The highest BCUT2D eigenvalue weighted by Crippen LogP contribution is 2.16. The first-order chi connectivity index (χ1) is 9.49. The fourth-order valence-corrected chi connectivity index (χ4v) is 2.29. The van der Waals surface area contributed by atoms with Gasteiger partial charge in [0.05, 0.1) is 17.1 Å². The molecule has 0 saturated heterocycles. The fraction of sp³-hybridized carbons (Fsp3) is 0.357. The molecule has 20 heavy (non-hydrogen) atoms. The number of fused-ring (bicyclic) bond motifs is 1. The minimum Gasteiger partial charge on any atom is -0.358 e. The van der Waals surface area contributed by atoms with Gasteiger partial charge >= 0.3 is 5.69 Å². The Hall–Kier alpha value is -2.55. The van der Waals surface area contributed by atoms with Crippen molar-refractivity contribution in [2.75, 3.05) is 7.05 Å². The van der Waals surface area contributed by atoms with Gasteiger partial charge in [0.1, 0.15) is 5.92 Å². The average molecular weight is 272 g/mol. The zero-order valence-corrected chi connectivity index (χ0v) is 11.7. The summed E-state index contributed by atoms with van der Waals surface area (Å²) in [5, 5.41) is 11.5. The number of aryl methyl sites for hydroxylation is 2. The minimum atomic E-state index is -0.724. The van der Waals surface area contributed by atoms with Crippen molar-refractivity contribution in [1.29, 1.82) is 5.26 Å². The summed E-state index contributed by atoms with van der Waals surface area (Å²) < 4.78 is 3.12. The number of nitrogens with zero attached hydrogens (tertiary/aromatic N) is 3. The Labute approximate surface area is 116 Å². The van der Waals surface area contributed by atoms with Gasteiger partial charge in [-0.3, -0.25) is 13.9 Å². The first-order valence-electron chi connectivity index (χ1n) is 6.25. The Balaban J connectivity index is 2.43. The molecule has 1 heterocycles. The van der Waals surface area contributed by atoms with E-state index in [1.54, 1.807) is 23.2 Å². The molecular weight excluding hydrogens is 256 g/mol. The van der Waals surface area contributed by atoms with Crippen LogP contribution >= 0.6 is 0 Å². The van der Waals surface area contributed by atoms with Crippen LogP contribution in [0.25, 0.3) is 11.0 Å². The van der Waals surface area contributed by atoms with Crippen LogP contribution in [0.5, 0.6) is 0 Å². The lowest BCUT2D eigenvalue weighted by Gasteiger charge is -2.08. The highest BCUT2D eigenvalue weighted by Gasteiger charge is 2.17. The maximum Gasteiger partial charge on any atom is 0.328 e. The average Bonchev–Trinajstić information content (AvgIpc) is 2.68. The maximum absolute atomic E-state index is 11.8. The van der Waals surface area contributed by atoms with E-state index in [0.29, 0.717) is 6.42 Å². The number of aromatic nitrogens is 2. The van der Waals surface area contributed by atoms with Gasteiger partial charge < -0.3 is 5.32 Å². The predicted molar refractivity (Wildman–Crippen MR) is 75.0 cm³/mol. The minimum absolute atomic E-state index is 0.0970. The molecule has 0 aliphatic heterocycles. The summed E-state index contributed by atoms with van der Waals surface area (Å²) in [6, 6.07) is 7.53. The molecule has 0 spiro atoms. The van der Waals surface area contributed by atoms with Crippen LogP contribution in [0.1, 0.15) is 5.56 Å². The number of hydrogen-bond acceptors (Lipinski definition) is 3. The molecule has 1 atom stereocenters. The largest absolute Gasteiger partial charge is 0.358 e. The number of benzene rings is 1. The van der Waals surface area contributed by atoms with E-state index in [4.69, 9.17) is 5.26 Å². The highest BCUT2D eigenvalue weighted by molar-refractivity contribution is 5.81. The van der Waals surface area contributed by atoms with Crippen molar-refractivity contribution in [2.24, 2.45) is 20.0 Å². The number of nitriles is 1. The lowest BCUT2D eigenvalue weighted by molar-refractivity contribution is -0.122. The molecule has 1 aromatic carbocycles. The van der Waals surface area contributed by atoms with Gasteiger partial charge in [-0.2, -0.15) is 5.26 Å². The molecule has 0 unspecified atom stereocenters. The molecule has 0 bridgehead atoms. The van der Waals surface area contributed by atoms with E-state index in [9.17, 15) is 9.59 Å². The van der Waals surface area contributed by atoms with Crippen LogP contribution < -0.4 is 11.0 Å². The van der Waals surface area contributed by atoms with E-state index < -0.39 is 5.92 Å². The molecule has 1 aromatic heterocycles. The van der Waals surface area contributed by atoms with E-state index >= 15 is 0 Å². The van der Waals surface area contributed by atoms with Gasteiger partial charge in [0.15, 0.2) is 0 Å².